The Morgan fingerprint density at radius 3 is 2.55 bits per heavy atom. The first-order valence-electron chi connectivity index (χ1n) is 14.8. The summed E-state index contributed by atoms with van der Waals surface area (Å²) in [5, 5.41) is 13.0. The summed E-state index contributed by atoms with van der Waals surface area (Å²) in [6.45, 7) is 7.01. The van der Waals surface area contributed by atoms with Crippen LogP contribution in [0.15, 0.2) is 47.4 Å². The number of benzene rings is 1. The molecule has 2 saturated heterocycles. The predicted octanol–water partition coefficient (Wildman–Crippen LogP) is 3.55. The molecule has 2 N–H and O–H groups in total. The quantitative estimate of drug-likeness (QED) is 0.231. The second-order valence-corrected chi connectivity index (χ2v) is 13.2. The Bertz CT molecular complexity index is 1340. The van der Waals surface area contributed by atoms with E-state index in [-0.39, 0.29) is 18.3 Å². The second-order valence-electron chi connectivity index (χ2n) is 11.5. The maximum atomic E-state index is 15.2. The number of carbonyl (C=O) groups excluding carboxylic acids is 1. The molecule has 2 fully saturated rings. The smallest absolute Gasteiger partial charge is 0.459 e. The molecule has 4 rings (SSSR count). The number of hydrogen-bond donors (Lipinski definition) is 2. The van der Waals surface area contributed by atoms with Crippen LogP contribution in [0.2, 0.25) is 0 Å². The molecule has 0 amide bonds. The number of nitrogens with zero attached hydrogens (tertiary/aromatic N) is 3. The number of carbonyl (C=O) groups is 1. The molecule has 2 aliphatic rings. The largest absolute Gasteiger partial charge is 0.463 e. The molecule has 0 radical (unpaired) electrons. The summed E-state index contributed by atoms with van der Waals surface area (Å²) in [5.74, 6) is -4.32. The van der Waals surface area contributed by atoms with Gasteiger partial charge in [-0.1, -0.05) is 38.5 Å². The van der Waals surface area contributed by atoms with Gasteiger partial charge in [-0.2, -0.15) is 18.9 Å². The number of rotatable bonds is 14. The highest BCUT2D eigenvalue weighted by Crippen LogP contribution is 2.48. The number of nitrogens with one attached hydrogen (secondary N) is 1. The zero-order valence-corrected chi connectivity index (χ0v) is 26.0. The van der Waals surface area contributed by atoms with Crippen molar-refractivity contribution in [1.82, 2.24) is 19.5 Å². The second kappa shape index (κ2) is 15.0. The van der Waals surface area contributed by atoms with Crippen molar-refractivity contribution in [3.05, 3.63) is 58.8 Å². The number of aliphatic hydroxyl groups excluding tert-OH is 1. The van der Waals surface area contributed by atoms with Crippen molar-refractivity contribution in [3.8, 4) is 5.75 Å². The number of halogens is 2. The van der Waals surface area contributed by atoms with Crippen LogP contribution in [0.1, 0.15) is 52.0 Å². The van der Waals surface area contributed by atoms with Crippen LogP contribution in [-0.4, -0.2) is 82.5 Å². The van der Waals surface area contributed by atoms with Gasteiger partial charge in [0.25, 0.3) is 0 Å². The minimum Gasteiger partial charge on any atom is -0.463 e. The van der Waals surface area contributed by atoms with Crippen molar-refractivity contribution in [1.29, 1.82) is 0 Å². The number of esters is 1. The summed E-state index contributed by atoms with van der Waals surface area (Å²) in [6, 6.07) is 8.19. The molecule has 2 aliphatic heterocycles. The molecule has 0 bridgehead atoms. The first-order chi connectivity index (χ1) is 20.9. The molecule has 0 spiro atoms. The average Bonchev–Trinajstić information content (AvgIpc) is 3.20. The maximum absolute atomic E-state index is 15.2. The van der Waals surface area contributed by atoms with Crippen LogP contribution < -0.4 is 15.3 Å². The van der Waals surface area contributed by atoms with E-state index in [9.17, 15) is 19.3 Å². The van der Waals surface area contributed by atoms with Gasteiger partial charge >= 0.3 is 25.3 Å². The Kier molecular flexibility index (Phi) is 11.7. The van der Waals surface area contributed by atoms with E-state index in [0.717, 1.165) is 32.1 Å². The average molecular weight is 643 g/mol. The van der Waals surface area contributed by atoms with Gasteiger partial charge in [-0.15, -0.1) is 0 Å². The molecule has 5 atom stereocenters. The van der Waals surface area contributed by atoms with Gasteiger partial charge in [0.2, 0.25) is 6.23 Å². The van der Waals surface area contributed by atoms with Gasteiger partial charge in [-0.3, -0.25) is 18.8 Å². The number of ether oxygens (including phenoxy) is 2. The van der Waals surface area contributed by atoms with Gasteiger partial charge in [-0.25, -0.2) is 9.36 Å². The third-order valence-corrected chi connectivity index (χ3v) is 8.96. The Labute approximate surface area is 255 Å². The van der Waals surface area contributed by atoms with Gasteiger partial charge < -0.3 is 19.1 Å². The van der Waals surface area contributed by atoms with Crippen LogP contribution in [0.3, 0.4) is 0 Å². The summed E-state index contributed by atoms with van der Waals surface area (Å²) in [6.07, 6.45) is -1.33. The SMILES string of the molecule is CC(C)Cc1ccn([C@@H]2O[C@H](COP(=O)(N[C@@H](C)C(=O)OCCN3CCCCC3)Oc3ccccc3)[C@@H](O)C2(F)F)c(=O)n1. The highest BCUT2D eigenvalue weighted by molar-refractivity contribution is 7.52. The summed E-state index contributed by atoms with van der Waals surface area (Å²) >= 11 is 0. The van der Waals surface area contributed by atoms with Gasteiger partial charge in [0.1, 0.15) is 24.5 Å². The Morgan fingerprint density at radius 1 is 1.18 bits per heavy atom. The van der Waals surface area contributed by atoms with Crippen LogP contribution in [-0.2, 0) is 29.8 Å². The van der Waals surface area contributed by atoms with E-state index in [2.05, 4.69) is 15.0 Å². The van der Waals surface area contributed by atoms with Crippen molar-refractivity contribution in [2.24, 2.45) is 5.92 Å². The molecule has 1 aromatic heterocycles. The molecule has 12 nitrogen and oxygen atoms in total. The summed E-state index contributed by atoms with van der Waals surface area (Å²) < 4.78 is 66.5. The van der Waals surface area contributed by atoms with E-state index < -0.39 is 56.4 Å². The molecule has 2 aromatic rings. The normalized spacial score (nSPS) is 24.1. The molecule has 1 aromatic carbocycles. The molecule has 3 heterocycles. The number of alkyl halides is 2. The highest BCUT2D eigenvalue weighted by atomic mass is 31.2. The number of aliphatic hydroxyl groups is 1. The van der Waals surface area contributed by atoms with Crippen LogP contribution >= 0.6 is 7.75 Å². The third-order valence-electron chi connectivity index (χ3n) is 7.32. The minimum atomic E-state index is -4.43. The molecule has 0 aliphatic carbocycles. The fourth-order valence-electron chi connectivity index (χ4n) is 5.02. The lowest BCUT2D eigenvalue weighted by molar-refractivity contribution is -0.145. The van der Waals surface area contributed by atoms with E-state index in [1.807, 2.05) is 13.8 Å². The zero-order valence-electron chi connectivity index (χ0n) is 25.1. The standard InChI is InChI=1S/C29H41F2N4O8P/c1-20(2)18-22-12-15-35(28(38)32-22)27-29(30,31)25(36)24(42-27)19-41-44(39,43-23-10-6-4-7-11-23)33-21(3)26(37)40-17-16-34-13-8-5-9-14-34/h4,6-7,10-12,15,20-21,24-25,27,36H,5,8-9,13-14,16-19H2,1-3H3,(H,33,39)/t21-,24+,25+,27+,44?/m0/s1. The van der Waals surface area contributed by atoms with Crippen LogP contribution in [0.25, 0.3) is 0 Å². The Balaban J connectivity index is 1.42. The lowest BCUT2D eigenvalue weighted by atomic mass is 10.1. The highest BCUT2D eigenvalue weighted by Gasteiger charge is 2.60. The molecular weight excluding hydrogens is 601 g/mol. The lowest BCUT2D eigenvalue weighted by Crippen LogP contribution is -2.42. The van der Waals surface area contributed by atoms with Crippen molar-refractivity contribution in [3.63, 3.8) is 0 Å². The van der Waals surface area contributed by atoms with Crippen molar-refractivity contribution in [2.45, 2.75) is 76.9 Å². The summed E-state index contributed by atoms with van der Waals surface area (Å²) in [4.78, 5) is 31.3. The van der Waals surface area contributed by atoms with Gasteiger partial charge in [0.05, 0.1) is 6.61 Å². The van der Waals surface area contributed by atoms with Crippen LogP contribution in [0.4, 0.5) is 8.78 Å². The number of hydrogen-bond acceptors (Lipinski definition) is 10. The van der Waals surface area contributed by atoms with E-state index in [1.54, 1.807) is 18.2 Å². The summed E-state index contributed by atoms with van der Waals surface area (Å²) in [5.41, 5.74) is -0.527. The first-order valence-corrected chi connectivity index (χ1v) is 16.4. The topological polar surface area (TPSA) is 141 Å². The first kappa shape index (κ1) is 34.1. The predicted molar refractivity (Wildman–Crippen MR) is 156 cm³/mol. The Hall–Kier alpha value is -2.74. The van der Waals surface area contributed by atoms with Gasteiger partial charge in [-0.05, 0) is 63.4 Å². The fraction of sp³-hybridized carbons (Fsp3) is 0.621. The molecule has 44 heavy (non-hydrogen) atoms. The number of piperidine rings is 1. The number of aromatic nitrogens is 2. The van der Waals surface area contributed by atoms with Crippen molar-refractivity contribution in [2.75, 3.05) is 32.8 Å². The molecule has 0 saturated carbocycles. The fourth-order valence-corrected chi connectivity index (χ4v) is 6.52. The third kappa shape index (κ3) is 8.92. The van der Waals surface area contributed by atoms with E-state index in [0.29, 0.717) is 23.2 Å². The van der Waals surface area contributed by atoms with E-state index >= 15 is 8.78 Å². The monoisotopic (exact) mass is 642 g/mol. The van der Waals surface area contributed by atoms with Crippen LogP contribution in [0, 0.1) is 5.92 Å². The van der Waals surface area contributed by atoms with Gasteiger partial charge in [0, 0.05) is 18.4 Å². The van der Waals surface area contributed by atoms with Crippen LogP contribution in [0.5, 0.6) is 5.75 Å². The molecular formula is C29H41F2N4O8P. The zero-order chi connectivity index (χ0) is 31.9. The number of para-hydroxylation sites is 1. The molecule has 244 valence electrons. The van der Waals surface area contributed by atoms with E-state index in [4.69, 9.17) is 18.5 Å². The molecule has 15 heteroatoms. The summed E-state index contributed by atoms with van der Waals surface area (Å²) in [7, 11) is -4.43. The van der Waals surface area contributed by atoms with Crippen molar-refractivity contribution < 1.29 is 41.8 Å². The Morgan fingerprint density at radius 2 is 1.89 bits per heavy atom. The molecule has 1 unspecified atom stereocenters. The van der Waals surface area contributed by atoms with E-state index in [1.165, 1.54) is 31.5 Å². The van der Waals surface area contributed by atoms with Gasteiger partial charge in [0.15, 0.2) is 6.10 Å². The maximum Gasteiger partial charge on any atom is 0.459 e. The minimum absolute atomic E-state index is 0.115. The van der Waals surface area contributed by atoms with Crippen molar-refractivity contribution >= 4 is 13.7 Å². The number of likely N-dealkylation sites (tertiary alicyclic amines) is 1. The lowest BCUT2D eigenvalue weighted by Gasteiger charge is -2.27.